The van der Waals surface area contributed by atoms with Gasteiger partial charge in [0.05, 0.1) is 12.6 Å². The molecule has 1 aliphatic heterocycles. The first-order valence-corrected chi connectivity index (χ1v) is 12.0. The van der Waals surface area contributed by atoms with Crippen molar-refractivity contribution in [3.8, 4) is 5.75 Å². The monoisotopic (exact) mass is 510 g/mol. The van der Waals surface area contributed by atoms with Crippen LogP contribution in [0.5, 0.6) is 5.75 Å². The fourth-order valence-electron chi connectivity index (χ4n) is 4.26. The first kappa shape index (κ1) is 25.2. The molecule has 9 nitrogen and oxygen atoms in total. The molecule has 10 heteroatoms. The molecule has 2 amide bonds. The minimum absolute atomic E-state index is 0.0286. The van der Waals surface area contributed by atoms with Crippen molar-refractivity contribution < 1.29 is 24.2 Å². The SMILES string of the molecule is COc1cc(C(=O)NC(CCC(=O)O)C(=O)N2CCN(c3cccc(Cl)c3)CC2)nc2ccccc12. The molecule has 0 saturated carbocycles. The Morgan fingerprint density at radius 2 is 1.83 bits per heavy atom. The van der Waals surface area contributed by atoms with Crippen molar-refractivity contribution in [2.45, 2.75) is 18.9 Å². The second-order valence-corrected chi connectivity index (χ2v) is 8.91. The van der Waals surface area contributed by atoms with Gasteiger partial charge in [0, 0.05) is 54.8 Å². The molecular formula is C26H27ClN4O5. The topological polar surface area (TPSA) is 112 Å². The van der Waals surface area contributed by atoms with Crippen LogP contribution in [0.3, 0.4) is 0 Å². The fourth-order valence-corrected chi connectivity index (χ4v) is 4.45. The summed E-state index contributed by atoms with van der Waals surface area (Å²) in [7, 11) is 1.51. The average molecular weight is 511 g/mol. The van der Waals surface area contributed by atoms with Gasteiger partial charge < -0.3 is 25.0 Å². The summed E-state index contributed by atoms with van der Waals surface area (Å²) in [6.45, 7) is 2.06. The van der Waals surface area contributed by atoms with Crippen molar-refractivity contribution in [2.75, 3.05) is 38.2 Å². The van der Waals surface area contributed by atoms with E-state index in [9.17, 15) is 19.5 Å². The van der Waals surface area contributed by atoms with Gasteiger partial charge in [-0.15, -0.1) is 0 Å². The van der Waals surface area contributed by atoms with Crippen molar-refractivity contribution in [1.82, 2.24) is 15.2 Å². The maximum Gasteiger partial charge on any atom is 0.303 e. The molecule has 0 bridgehead atoms. The first-order chi connectivity index (χ1) is 17.4. The molecule has 0 radical (unpaired) electrons. The van der Waals surface area contributed by atoms with Crippen LogP contribution in [0.2, 0.25) is 5.02 Å². The summed E-state index contributed by atoms with van der Waals surface area (Å²) >= 11 is 6.10. The normalized spacial score (nSPS) is 14.4. The number of anilines is 1. The maximum atomic E-state index is 13.3. The number of hydrogen-bond acceptors (Lipinski definition) is 6. The van der Waals surface area contributed by atoms with E-state index in [4.69, 9.17) is 16.3 Å². The van der Waals surface area contributed by atoms with Crippen LogP contribution >= 0.6 is 11.6 Å². The molecule has 0 spiro atoms. The number of pyridine rings is 1. The number of carboxylic acid groups (broad SMARTS) is 1. The Hall–Kier alpha value is -3.85. The van der Waals surface area contributed by atoms with Crippen LogP contribution in [0.25, 0.3) is 10.9 Å². The Balaban J connectivity index is 1.48. The summed E-state index contributed by atoms with van der Waals surface area (Å²) in [6.07, 6.45) is -0.285. The predicted octanol–water partition coefficient (Wildman–Crippen LogP) is 3.21. The smallest absolute Gasteiger partial charge is 0.303 e. The van der Waals surface area contributed by atoms with E-state index >= 15 is 0 Å². The molecule has 1 fully saturated rings. The highest BCUT2D eigenvalue weighted by molar-refractivity contribution is 6.30. The average Bonchev–Trinajstić information content (AvgIpc) is 2.89. The number of fused-ring (bicyclic) bond motifs is 1. The van der Waals surface area contributed by atoms with E-state index in [1.54, 1.807) is 23.1 Å². The Kier molecular flexibility index (Phi) is 7.90. The lowest BCUT2D eigenvalue weighted by Gasteiger charge is -2.37. The van der Waals surface area contributed by atoms with E-state index < -0.39 is 17.9 Å². The second kappa shape index (κ2) is 11.3. The van der Waals surface area contributed by atoms with Gasteiger partial charge >= 0.3 is 5.97 Å². The van der Waals surface area contributed by atoms with Crippen LogP contribution in [0.15, 0.2) is 54.6 Å². The fraction of sp³-hybridized carbons (Fsp3) is 0.308. The molecule has 188 valence electrons. The molecule has 1 unspecified atom stereocenters. The number of hydrogen-bond donors (Lipinski definition) is 2. The second-order valence-electron chi connectivity index (χ2n) is 8.48. The number of piperazine rings is 1. The molecule has 2 aromatic carbocycles. The molecule has 2 heterocycles. The zero-order chi connectivity index (χ0) is 25.7. The minimum Gasteiger partial charge on any atom is -0.496 e. The molecule has 1 aromatic heterocycles. The van der Waals surface area contributed by atoms with Gasteiger partial charge in [-0.25, -0.2) is 4.98 Å². The third-order valence-electron chi connectivity index (χ3n) is 6.15. The van der Waals surface area contributed by atoms with Gasteiger partial charge in [0.15, 0.2) is 0 Å². The van der Waals surface area contributed by atoms with E-state index in [1.807, 2.05) is 30.3 Å². The van der Waals surface area contributed by atoms with Crippen LogP contribution in [0, 0.1) is 0 Å². The lowest BCUT2D eigenvalue weighted by Crippen LogP contribution is -2.55. The zero-order valence-electron chi connectivity index (χ0n) is 19.8. The lowest BCUT2D eigenvalue weighted by atomic mass is 10.1. The molecule has 1 aliphatic rings. The molecule has 1 atom stereocenters. The standard InChI is InChI=1S/C26H27ClN4O5/c1-36-23-16-22(28-20-8-3-2-7-19(20)23)25(34)29-21(9-10-24(32)33)26(35)31-13-11-30(12-14-31)18-6-4-5-17(27)15-18/h2-8,15-16,21H,9-14H2,1H3,(H,29,34)(H,32,33). The van der Waals surface area contributed by atoms with E-state index in [0.717, 1.165) is 11.1 Å². The quantitative estimate of drug-likeness (QED) is 0.478. The molecule has 1 saturated heterocycles. The number of benzene rings is 2. The molecule has 2 N–H and O–H groups in total. The number of aromatic nitrogens is 1. The number of para-hydroxylation sites is 1. The number of nitrogens with one attached hydrogen (secondary N) is 1. The van der Waals surface area contributed by atoms with E-state index in [2.05, 4.69) is 15.2 Å². The number of carbonyl (C=O) groups is 3. The van der Waals surface area contributed by atoms with Crippen LogP contribution in [0.1, 0.15) is 23.3 Å². The van der Waals surface area contributed by atoms with Crippen LogP contribution in [-0.2, 0) is 9.59 Å². The van der Waals surface area contributed by atoms with Gasteiger partial charge in [-0.05, 0) is 36.8 Å². The highest BCUT2D eigenvalue weighted by Gasteiger charge is 2.30. The number of aliphatic carboxylic acids is 1. The van der Waals surface area contributed by atoms with Crippen LogP contribution in [-0.4, -0.2) is 72.1 Å². The number of rotatable bonds is 8. The molecule has 0 aliphatic carbocycles. The van der Waals surface area contributed by atoms with Crippen molar-refractivity contribution in [2.24, 2.45) is 0 Å². The number of halogens is 1. The largest absolute Gasteiger partial charge is 0.496 e. The Bertz CT molecular complexity index is 1280. The third-order valence-corrected chi connectivity index (χ3v) is 6.38. The van der Waals surface area contributed by atoms with E-state index in [-0.39, 0.29) is 24.4 Å². The van der Waals surface area contributed by atoms with Crippen LogP contribution in [0.4, 0.5) is 5.69 Å². The molecular weight excluding hydrogens is 484 g/mol. The summed E-state index contributed by atoms with van der Waals surface area (Å²) in [5.41, 5.74) is 1.64. The molecule has 3 aromatic rings. The number of methoxy groups -OCH3 is 1. The molecule has 4 rings (SSSR count). The Labute approximate surface area is 213 Å². The van der Waals surface area contributed by atoms with Crippen molar-refractivity contribution >= 4 is 46.0 Å². The minimum atomic E-state index is -1.04. The highest BCUT2D eigenvalue weighted by atomic mass is 35.5. The maximum absolute atomic E-state index is 13.3. The number of carboxylic acids is 1. The summed E-state index contributed by atoms with van der Waals surface area (Å²) in [5, 5.41) is 13.3. The van der Waals surface area contributed by atoms with Gasteiger partial charge in [-0.3, -0.25) is 14.4 Å². The van der Waals surface area contributed by atoms with Gasteiger partial charge in [0.2, 0.25) is 5.91 Å². The summed E-state index contributed by atoms with van der Waals surface area (Å²) in [6, 6.07) is 15.3. The van der Waals surface area contributed by atoms with Crippen LogP contribution < -0.4 is 15.0 Å². The Morgan fingerprint density at radius 3 is 2.53 bits per heavy atom. The third kappa shape index (κ3) is 5.85. The lowest BCUT2D eigenvalue weighted by molar-refractivity contribution is -0.138. The van der Waals surface area contributed by atoms with Gasteiger partial charge in [0.1, 0.15) is 17.5 Å². The molecule has 36 heavy (non-hydrogen) atoms. The Morgan fingerprint density at radius 1 is 1.08 bits per heavy atom. The van der Waals surface area contributed by atoms with Crippen molar-refractivity contribution in [3.05, 3.63) is 65.3 Å². The highest BCUT2D eigenvalue weighted by Crippen LogP contribution is 2.25. The number of nitrogens with zero attached hydrogens (tertiary/aromatic N) is 3. The predicted molar refractivity (Wildman–Crippen MR) is 137 cm³/mol. The van der Waals surface area contributed by atoms with Crippen molar-refractivity contribution in [3.63, 3.8) is 0 Å². The van der Waals surface area contributed by atoms with E-state index in [0.29, 0.717) is 42.5 Å². The number of amides is 2. The number of carbonyl (C=O) groups excluding carboxylic acids is 2. The van der Waals surface area contributed by atoms with Gasteiger partial charge in [-0.2, -0.15) is 0 Å². The summed E-state index contributed by atoms with van der Waals surface area (Å²) in [4.78, 5) is 45.9. The zero-order valence-corrected chi connectivity index (χ0v) is 20.6. The summed E-state index contributed by atoms with van der Waals surface area (Å²) in [5.74, 6) is -1.45. The van der Waals surface area contributed by atoms with Crippen molar-refractivity contribution in [1.29, 1.82) is 0 Å². The van der Waals surface area contributed by atoms with Gasteiger partial charge in [0.25, 0.3) is 5.91 Å². The van der Waals surface area contributed by atoms with Gasteiger partial charge in [-0.1, -0.05) is 29.8 Å². The summed E-state index contributed by atoms with van der Waals surface area (Å²) < 4.78 is 5.41. The van der Waals surface area contributed by atoms with E-state index in [1.165, 1.54) is 13.2 Å². The first-order valence-electron chi connectivity index (χ1n) is 11.6. The number of ether oxygens (including phenoxy) is 1.